The predicted molar refractivity (Wildman–Crippen MR) is 37.0 cm³/mol. The van der Waals surface area contributed by atoms with Crippen LogP contribution in [0, 0.1) is 5.92 Å². The second kappa shape index (κ2) is 3.85. The minimum absolute atomic E-state index is 0.769. The fourth-order valence-corrected chi connectivity index (χ4v) is 0.844. The molecule has 1 N–H and O–H groups in total. The summed E-state index contributed by atoms with van der Waals surface area (Å²) >= 11 is 0. The first kappa shape index (κ1) is 7.03. The number of rotatable bonds is 5. The molecule has 1 aliphatic carbocycles. The van der Waals surface area contributed by atoms with Crippen molar-refractivity contribution in [1.82, 2.24) is 5.48 Å². The maximum absolute atomic E-state index is 4.96. The second-order valence-electron chi connectivity index (χ2n) is 2.56. The number of hydrogen-bond donors (Lipinski definition) is 1. The first-order chi connectivity index (χ1) is 4.43. The van der Waals surface area contributed by atoms with E-state index < -0.39 is 0 Å². The zero-order valence-corrected chi connectivity index (χ0v) is 6.02. The molecule has 54 valence electrons. The molecule has 1 fully saturated rings. The van der Waals surface area contributed by atoms with E-state index in [1.54, 1.807) is 0 Å². The lowest BCUT2D eigenvalue weighted by atomic mass is 10.3. The van der Waals surface area contributed by atoms with Gasteiger partial charge in [0.1, 0.15) is 0 Å². The Morgan fingerprint density at radius 2 is 2.33 bits per heavy atom. The lowest BCUT2D eigenvalue weighted by Crippen LogP contribution is -2.15. The number of hydroxylamine groups is 1. The van der Waals surface area contributed by atoms with Gasteiger partial charge in [-0.2, -0.15) is 0 Å². The molecule has 1 saturated carbocycles. The fourth-order valence-electron chi connectivity index (χ4n) is 0.844. The van der Waals surface area contributed by atoms with E-state index in [0.717, 1.165) is 19.1 Å². The van der Waals surface area contributed by atoms with Crippen LogP contribution in [0.5, 0.6) is 0 Å². The molecule has 0 unspecified atom stereocenters. The lowest BCUT2D eigenvalue weighted by Gasteiger charge is -2.00. The molecule has 1 rings (SSSR count). The molecule has 0 atom stereocenters. The van der Waals surface area contributed by atoms with Crippen LogP contribution < -0.4 is 5.48 Å². The van der Waals surface area contributed by atoms with Gasteiger partial charge < -0.3 is 4.84 Å². The summed E-state index contributed by atoms with van der Waals surface area (Å²) < 4.78 is 0. The van der Waals surface area contributed by atoms with Crippen molar-refractivity contribution in [3.05, 3.63) is 0 Å². The summed E-state index contributed by atoms with van der Waals surface area (Å²) in [5.74, 6) is 1.01. The topological polar surface area (TPSA) is 21.3 Å². The highest BCUT2D eigenvalue weighted by Crippen LogP contribution is 2.31. The SMILES string of the molecule is CCONCCC1CC1. The Balaban J connectivity index is 1.71. The Labute approximate surface area is 56.5 Å². The van der Waals surface area contributed by atoms with E-state index in [0.29, 0.717) is 0 Å². The van der Waals surface area contributed by atoms with Gasteiger partial charge in [-0.3, -0.25) is 0 Å². The van der Waals surface area contributed by atoms with Crippen molar-refractivity contribution in [1.29, 1.82) is 0 Å². The monoisotopic (exact) mass is 129 g/mol. The molecule has 0 radical (unpaired) electrons. The molecule has 0 heterocycles. The first-order valence-electron chi connectivity index (χ1n) is 3.78. The van der Waals surface area contributed by atoms with Gasteiger partial charge in [-0.05, 0) is 19.3 Å². The largest absolute Gasteiger partial charge is 0.302 e. The molecule has 0 aliphatic heterocycles. The summed E-state index contributed by atoms with van der Waals surface area (Å²) in [6, 6.07) is 0. The smallest absolute Gasteiger partial charge is 0.0653 e. The summed E-state index contributed by atoms with van der Waals surface area (Å²) in [4.78, 5) is 4.96. The maximum atomic E-state index is 4.96. The first-order valence-corrected chi connectivity index (χ1v) is 3.78. The van der Waals surface area contributed by atoms with E-state index in [1.807, 2.05) is 6.92 Å². The summed E-state index contributed by atoms with van der Waals surface area (Å²) in [5, 5.41) is 0. The highest BCUT2D eigenvalue weighted by Gasteiger charge is 2.19. The molecule has 0 bridgehead atoms. The Hall–Kier alpha value is -0.0800. The second-order valence-corrected chi connectivity index (χ2v) is 2.56. The van der Waals surface area contributed by atoms with Crippen molar-refractivity contribution in [2.45, 2.75) is 26.2 Å². The average Bonchev–Trinajstić information content (AvgIpc) is 2.63. The Bertz CT molecular complexity index is 71.3. The number of hydrogen-bond acceptors (Lipinski definition) is 2. The van der Waals surface area contributed by atoms with Gasteiger partial charge in [0.15, 0.2) is 0 Å². The molecule has 0 aromatic rings. The third kappa shape index (κ3) is 3.49. The van der Waals surface area contributed by atoms with E-state index in [-0.39, 0.29) is 0 Å². The van der Waals surface area contributed by atoms with Gasteiger partial charge in [0, 0.05) is 6.54 Å². The van der Waals surface area contributed by atoms with E-state index in [1.165, 1.54) is 19.3 Å². The van der Waals surface area contributed by atoms with Gasteiger partial charge in [0.2, 0.25) is 0 Å². The minimum atomic E-state index is 0.769. The van der Waals surface area contributed by atoms with E-state index in [9.17, 15) is 0 Å². The van der Waals surface area contributed by atoms with Crippen molar-refractivity contribution < 1.29 is 4.84 Å². The van der Waals surface area contributed by atoms with Crippen molar-refractivity contribution >= 4 is 0 Å². The molecule has 0 aromatic carbocycles. The van der Waals surface area contributed by atoms with Crippen molar-refractivity contribution in [2.75, 3.05) is 13.2 Å². The molecule has 2 heteroatoms. The van der Waals surface area contributed by atoms with Gasteiger partial charge in [0.05, 0.1) is 6.61 Å². The Morgan fingerprint density at radius 3 is 2.89 bits per heavy atom. The minimum Gasteiger partial charge on any atom is -0.302 e. The normalized spacial score (nSPS) is 18.3. The van der Waals surface area contributed by atoms with Crippen LogP contribution in [-0.2, 0) is 4.84 Å². The van der Waals surface area contributed by atoms with Crippen molar-refractivity contribution in [3.8, 4) is 0 Å². The molecule has 0 spiro atoms. The van der Waals surface area contributed by atoms with Gasteiger partial charge >= 0.3 is 0 Å². The third-order valence-electron chi connectivity index (χ3n) is 1.60. The maximum Gasteiger partial charge on any atom is 0.0653 e. The van der Waals surface area contributed by atoms with Gasteiger partial charge in [-0.25, -0.2) is 5.48 Å². The molecule has 2 nitrogen and oxygen atoms in total. The van der Waals surface area contributed by atoms with Crippen molar-refractivity contribution in [2.24, 2.45) is 5.92 Å². The Morgan fingerprint density at radius 1 is 1.56 bits per heavy atom. The number of nitrogens with one attached hydrogen (secondary N) is 1. The summed E-state index contributed by atoms with van der Waals surface area (Å²) in [6.45, 7) is 3.79. The van der Waals surface area contributed by atoms with Gasteiger partial charge in [-0.15, -0.1) is 0 Å². The van der Waals surface area contributed by atoms with Crippen LogP contribution in [0.1, 0.15) is 26.2 Å². The Kier molecular flexibility index (Phi) is 3.01. The van der Waals surface area contributed by atoms with Crippen LogP contribution in [0.25, 0.3) is 0 Å². The standard InChI is InChI=1S/C7H15NO/c1-2-9-8-6-5-7-3-4-7/h7-8H,2-6H2,1H3. The summed E-state index contributed by atoms with van der Waals surface area (Å²) in [7, 11) is 0. The molecular weight excluding hydrogens is 114 g/mol. The zero-order valence-electron chi connectivity index (χ0n) is 6.02. The van der Waals surface area contributed by atoms with Crippen LogP contribution in [0.2, 0.25) is 0 Å². The van der Waals surface area contributed by atoms with Crippen LogP contribution >= 0.6 is 0 Å². The van der Waals surface area contributed by atoms with E-state index in [2.05, 4.69) is 5.48 Å². The summed E-state index contributed by atoms with van der Waals surface area (Å²) in [5.41, 5.74) is 2.91. The van der Waals surface area contributed by atoms with Crippen LogP contribution in [-0.4, -0.2) is 13.2 Å². The summed E-state index contributed by atoms with van der Waals surface area (Å²) in [6.07, 6.45) is 4.17. The highest BCUT2D eigenvalue weighted by atomic mass is 16.6. The molecule has 0 aromatic heterocycles. The predicted octanol–water partition coefficient (Wildman–Crippen LogP) is 1.33. The molecule has 9 heavy (non-hydrogen) atoms. The van der Waals surface area contributed by atoms with Crippen LogP contribution in [0.3, 0.4) is 0 Å². The molecule has 0 amide bonds. The van der Waals surface area contributed by atoms with E-state index >= 15 is 0 Å². The molecular formula is C7H15NO. The van der Waals surface area contributed by atoms with Crippen LogP contribution in [0.4, 0.5) is 0 Å². The molecule has 0 saturated heterocycles. The quantitative estimate of drug-likeness (QED) is 0.446. The van der Waals surface area contributed by atoms with Crippen LogP contribution in [0.15, 0.2) is 0 Å². The molecule has 1 aliphatic rings. The van der Waals surface area contributed by atoms with Gasteiger partial charge in [-0.1, -0.05) is 12.8 Å². The lowest BCUT2D eigenvalue weighted by molar-refractivity contribution is 0.0496. The fraction of sp³-hybridized carbons (Fsp3) is 1.00. The highest BCUT2D eigenvalue weighted by molar-refractivity contribution is 4.72. The van der Waals surface area contributed by atoms with Gasteiger partial charge in [0.25, 0.3) is 0 Å². The zero-order chi connectivity index (χ0) is 6.53. The van der Waals surface area contributed by atoms with Crippen molar-refractivity contribution in [3.63, 3.8) is 0 Å². The average molecular weight is 129 g/mol. The van der Waals surface area contributed by atoms with E-state index in [4.69, 9.17) is 4.84 Å². The third-order valence-corrected chi connectivity index (χ3v) is 1.60.